The van der Waals surface area contributed by atoms with Crippen LogP contribution in [0.15, 0.2) is 28.4 Å². The molecule has 0 aromatic carbocycles. The lowest BCUT2D eigenvalue weighted by atomic mass is 10.3. The van der Waals surface area contributed by atoms with Gasteiger partial charge in [-0.3, -0.25) is 0 Å². The molecule has 15 heavy (non-hydrogen) atoms. The molecule has 80 valence electrons. The van der Waals surface area contributed by atoms with Crippen LogP contribution in [0.25, 0.3) is 0 Å². The molecule has 3 N–H and O–H groups in total. The Morgan fingerprint density at radius 3 is 3.00 bits per heavy atom. The van der Waals surface area contributed by atoms with Crippen LogP contribution in [0.2, 0.25) is 0 Å². The molecule has 5 nitrogen and oxygen atoms in total. The molecule has 0 bridgehead atoms. The van der Waals surface area contributed by atoms with E-state index in [1.54, 1.807) is 17.8 Å². The molecule has 1 aliphatic heterocycles. The van der Waals surface area contributed by atoms with Crippen LogP contribution < -0.4 is 5.73 Å². The summed E-state index contributed by atoms with van der Waals surface area (Å²) in [5.41, 5.74) is 5.93. The van der Waals surface area contributed by atoms with E-state index < -0.39 is 0 Å². The Labute approximate surface area is 91.3 Å². The molecule has 1 aromatic rings. The average molecular weight is 225 g/mol. The van der Waals surface area contributed by atoms with Gasteiger partial charge in [0.2, 0.25) is 0 Å². The molecule has 1 fully saturated rings. The van der Waals surface area contributed by atoms with Gasteiger partial charge in [-0.15, -0.1) is 0 Å². The summed E-state index contributed by atoms with van der Waals surface area (Å²) in [4.78, 5) is 4.26. The number of aromatic nitrogens is 1. The summed E-state index contributed by atoms with van der Waals surface area (Å²) in [5.74, 6) is 0.0299. The molecular weight excluding hydrogens is 214 g/mol. The first kappa shape index (κ1) is 10.3. The minimum Gasteiger partial charge on any atom is -0.409 e. The molecule has 1 aromatic heterocycles. The third kappa shape index (κ3) is 2.40. The number of amidine groups is 1. The van der Waals surface area contributed by atoms with Crippen LogP contribution >= 0.6 is 11.8 Å². The van der Waals surface area contributed by atoms with E-state index in [0.29, 0.717) is 10.9 Å². The highest BCUT2D eigenvalue weighted by Crippen LogP contribution is 2.26. The summed E-state index contributed by atoms with van der Waals surface area (Å²) in [7, 11) is 0. The highest BCUT2D eigenvalue weighted by Gasteiger charge is 2.20. The second kappa shape index (κ2) is 4.50. The Morgan fingerprint density at radius 2 is 2.40 bits per heavy atom. The summed E-state index contributed by atoms with van der Waals surface area (Å²) in [5, 5.41) is 12.8. The minimum absolute atomic E-state index is 0.0299. The highest BCUT2D eigenvalue weighted by atomic mass is 32.2. The molecule has 1 saturated heterocycles. The molecule has 6 heteroatoms. The predicted molar refractivity (Wildman–Crippen MR) is 57.2 cm³/mol. The zero-order chi connectivity index (χ0) is 10.7. The lowest BCUT2D eigenvalue weighted by molar-refractivity contribution is 0.0454. The molecule has 0 unspecified atom stereocenters. The van der Waals surface area contributed by atoms with Crippen LogP contribution in [-0.4, -0.2) is 34.5 Å². The first-order valence-corrected chi connectivity index (χ1v) is 5.37. The van der Waals surface area contributed by atoms with Gasteiger partial charge in [0, 0.05) is 0 Å². The summed E-state index contributed by atoms with van der Waals surface area (Å²) in [6.45, 7) is 1.53. The topological polar surface area (TPSA) is 80.7 Å². The number of nitrogens with zero attached hydrogens (tertiary/aromatic N) is 2. The van der Waals surface area contributed by atoms with Gasteiger partial charge in [-0.1, -0.05) is 23.0 Å². The first-order valence-electron chi connectivity index (χ1n) is 4.49. The van der Waals surface area contributed by atoms with Gasteiger partial charge in [-0.2, -0.15) is 0 Å². The molecule has 0 atom stereocenters. The molecule has 0 amide bonds. The van der Waals surface area contributed by atoms with Crippen LogP contribution in [0.3, 0.4) is 0 Å². The largest absolute Gasteiger partial charge is 0.409 e. The van der Waals surface area contributed by atoms with Crippen molar-refractivity contribution in [3.63, 3.8) is 0 Å². The quantitative estimate of drug-likeness (QED) is 0.342. The van der Waals surface area contributed by atoms with Crippen LogP contribution in [-0.2, 0) is 4.74 Å². The number of nitrogens with two attached hydrogens (primary N) is 1. The minimum atomic E-state index is 0.0299. The third-order valence-corrected chi connectivity index (χ3v) is 3.06. The van der Waals surface area contributed by atoms with Crippen molar-refractivity contribution in [2.24, 2.45) is 10.9 Å². The summed E-state index contributed by atoms with van der Waals surface area (Å²) < 4.78 is 5.07. The van der Waals surface area contributed by atoms with Gasteiger partial charge in [-0.25, -0.2) is 4.98 Å². The van der Waals surface area contributed by atoms with E-state index in [1.165, 1.54) is 0 Å². The number of rotatable bonds is 3. The Kier molecular flexibility index (Phi) is 3.08. The van der Waals surface area contributed by atoms with E-state index in [9.17, 15) is 0 Å². The molecule has 0 spiro atoms. The average Bonchev–Trinajstić information content (AvgIpc) is 2.23. The van der Waals surface area contributed by atoms with Gasteiger partial charge >= 0.3 is 0 Å². The number of pyridine rings is 1. The maximum atomic E-state index is 8.51. The maximum absolute atomic E-state index is 8.51. The Hall–Kier alpha value is -1.27. The zero-order valence-corrected chi connectivity index (χ0v) is 8.78. The number of hydrogen-bond acceptors (Lipinski definition) is 5. The standard InChI is InChI=1S/C9H11N3O2S/c10-9(12-13)7-2-1-3-8(11-7)15-6-4-14-5-6/h1-3,6,13H,4-5H2,(H2,10,12). The molecule has 2 heterocycles. The Bertz CT molecular complexity index is 379. The first-order chi connectivity index (χ1) is 7.29. The van der Waals surface area contributed by atoms with E-state index in [4.69, 9.17) is 15.7 Å². The summed E-state index contributed by atoms with van der Waals surface area (Å²) in [6.07, 6.45) is 0. The molecule has 0 saturated carbocycles. The van der Waals surface area contributed by atoms with E-state index in [-0.39, 0.29) is 5.84 Å². The van der Waals surface area contributed by atoms with Crippen molar-refractivity contribution in [2.45, 2.75) is 10.3 Å². The van der Waals surface area contributed by atoms with Gasteiger partial charge in [0.1, 0.15) is 5.69 Å². The molecule has 2 rings (SSSR count). The van der Waals surface area contributed by atoms with Crippen molar-refractivity contribution in [1.29, 1.82) is 0 Å². The molecule has 1 aliphatic rings. The van der Waals surface area contributed by atoms with Crippen molar-refractivity contribution in [1.82, 2.24) is 4.98 Å². The van der Waals surface area contributed by atoms with Gasteiger partial charge in [0.25, 0.3) is 0 Å². The fourth-order valence-electron chi connectivity index (χ4n) is 1.13. The third-order valence-electron chi connectivity index (χ3n) is 1.99. The van der Waals surface area contributed by atoms with E-state index in [0.717, 1.165) is 18.2 Å². The fraction of sp³-hybridized carbons (Fsp3) is 0.333. The molecule has 0 radical (unpaired) electrons. The van der Waals surface area contributed by atoms with Crippen molar-refractivity contribution in [3.8, 4) is 0 Å². The highest BCUT2D eigenvalue weighted by molar-refractivity contribution is 8.00. The van der Waals surface area contributed by atoms with Crippen molar-refractivity contribution < 1.29 is 9.94 Å². The summed E-state index contributed by atoms with van der Waals surface area (Å²) in [6, 6.07) is 5.44. The van der Waals surface area contributed by atoms with Crippen LogP contribution in [0.1, 0.15) is 5.69 Å². The lowest BCUT2D eigenvalue weighted by Gasteiger charge is -2.24. The van der Waals surface area contributed by atoms with E-state index >= 15 is 0 Å². The molecule has 0 aliphatic carbocycles. The normalized spacial score (nSPS) is 17.5. The number of thioether (sulfide) groups is 1. The Balaban J connectivity index is 2.11. The number of oxime groups is 1. The monoisotopic (exact) mass is 225 g/mol. The predicted octanol–water partition coefficient (Wildman–Crippen LogP) is 0.667. The van der Waals surface area contributed by atoms with Gasteiger partial charge in [0.15, 0.2) is 5.84 Å². The zero-order valence-electron chi connectivity index (χ0n) is 7.96. The fourth-order valence-corrected chi connectivity index (χ4v) is 2.11. The molecular formula is C9H11N3O2S. The van der Waals surface area contributed by atoms with Crippen LogP contribution in [0.4, 0.5) is 0 Å². The van der Waals surface area contributed by atoms with Crippen molar-refractivity contribution in [2.75, 3.05) is 13.2 Å². The summed E-state index contributed by atoms with van der Waals surface area (Å²) >= 11 is 1.64. The number of ether oxygens (including phenoxy) is 1. The van der Waals surface area contributed by atoms with Gasteiger partial charge in [-0.05, 0) is 12.1 Å². The van der Waals surface area contributed by atoms with Crippen LogP contribution in [0.5, 0.6) is 0 Å². The van der Waals surface area contributed by atoms with Crippen molar-refractivity contribution >= 4 is 17.6 Å². The smallest absolute Gasteiger partial charge is 0.188 e. The lowest BCUT2D eigenvalue weighted by Crippen LogP contribution is -2.30. The van der Waals surface area contributed by atoms with Crippen molar-refractivity contribution in [3.05, 3.63) is 23.9 Å². The maximum Gasteiger partial charge on any atom is 0.188 e. The second-order valence-corrected chi connectivity index (χ2v) is 4.44. The van der Waals surface area contributed by atoms with Gasteiger partial charge in [0.05, 0.1) is 23.5 Å². The SMILES string of the molecule is NC(=NO)c1cccc(SC2COC2)n1. The van der Waals surface area contributed by atoms with Gasteiger partial charge < -0.3 is 15.7 Å². The second-order valence-electron chi connectivity index (χ2n) is 3.12. The van der Waals surface area contributed by atoms with E-state index in [1.807, 2.05) is 12.1 Å². The Morgan fingerprint density at radius 1 is 1.60 bits per heavy atom. The van der Waals surface area contributed by atoms with E-state index in [2.05, 4.69) is 10.1 Å². The van der Waals surface area contributed by atoms with Crippen LogP contribution in [0, 0.1) is 0 Å². The number of hydrogen-bond donors (Lipinski definition) is 2.